The van der Waals surface area contributed by atoms with Gasteiger partial charge in [0.2, 0.25) is 0 Å². The fraction of sp³-hybridized carbons (Fsp3) is 0. The summed E-state index contributed by atoms with van der Waals surface area (Å²) in [6, 6.07) is 9.49. The Morgan fingerprint density at radius 1 is 1.11 bits per heavy atom. The molecule has 0 aliphatic carbocycles. The summed E-state index contributed by atoms with van der Waals surface area (Å²) in [7, 11) is 4.09. The molecule has 0 aliphatic rings. The van der Waals surface area contributed by atoms with Gasteiger partial charge in [-0.1, -0.05) is 18.2 Å². The van der Waals surface area contributed by atoms with Crippen LogP contribution < -0.4 is 5.73 Å². The van der Waals surface area contributed by atoms with Crippen LogP contribution >= 0.6 is 9.82 Å². The molecule has 3 heteroatoms. The van der Waals surface area contributed by atoms with Crippen LogP contribution in [0.3, 0.4) is 0 Å². The molecular formula is C6H7MoNS. The third-order valence-electron chi connectivity index (χ3n) is 0.800. The van der Waals surface area contributed by atoms with Gasteiger partial charge < -0.3 is 5.73 Å². The van der Waals surface area contributed by atoms with Crippen molar-refractivity contribution in [1.29, 1.82) is 0 Å². The molecule has 1 aromatic rings. The fourth-order valence-electron chi connectivity index (χ4n) is 0.453. The molecule has 0 aliphatic heterocycles. The quantitative estimate of drug-likeness (QED) is 0.535. The van der Waals surface area contributed by atoms with Crippen LogP contribution in [0.2, 0.25) is 0 Å². The van der Waals surface area contributed by atoms with Crippen molar-refractivity contribution < 1.29 is 18.0 Å². The van der Waals surface area contributed by atoms with Gasteiger partial charge in [0, 0.05) is 5.69 Å². The zero-order valence-corrected chi connectivity index (χ0v) is 7.60. The van der Waals surface area contributed by atoms with Crippen molar-refractivity contribution in [2.24, 2.45) is 0 Å². The third-order valence-corrected chi connectivity index (χ3v) is 0.800. The molecule has 1 aromatic carbocycles. The number of hydrogen-bond acceptors (Lipinski definition) is 2. The molecule has 1 rings (SSSR count). The molecule has 2 N–H and O–H groups in total. The van der Waals surface area contributed by atoms with Crippen molar-refractivity contribution in [2.75, 3.05) is 5.73 Å². The summed E-state index contributed by atoms with van der Waals surface area (Å²) in [5.74, 6) is 0. The Bertz CT molecular complexity index is 154. The van der Waals surface area contributed by atoms with Gasteiger partial charge in [0.1, 0.15) is 0 Å². The van der Waals surface area contributed by atoms with E-state index in [1.54, 1.807) is 0 Å². The van der Waals surface area contributed by atoms with Gasteiger partial charge in [-0.25, -0.2) is 0 Å². The minimum absolute atomic E-state index is 0.822. The van der Waals surface area contributed by atoms with Gasteiger partial charge in [-0.3, -0.25) is 0 Å². The standard InChI is InChI=1S/C6H7N.Mo.S/c7-6-4-2-1-3-5-6;;/h1-5H,7H2;;. The van der Waals surface area contributed by atoms with Gasteiger partial charge in [0.25, 0.3) is 0 Å². The molecule has 0 saturated heterocycles. The zero-order valence-electron chi connectivity index (χ0n) is 4.78. The fourth-order valence-corrected chi connectivity index (χ4v) is 0.453. The van der Waals surface area contributed by atoms with Crippen LogP contribution in [-0.4, -0.2) is 0 Å². The van der Waals surface area contributed by atoms with Crippen LogP contribution in [-0.2, 0) is 18.0 Å². The van der Waals surface area contributed by atoms with Crippen molar-refractivity contribution in [1.82, 2.24) is 0 Å². The molecule has 0 bridgehead atoms. The second-order valence-corrected chi connectivity index (χ2v) is 1.41. The van der Waals surface area contributed by atoms with Gasteiger partial charge in [-0.15, -0.1) is 0 Å². The Hall–Kier alpha value is -0.0717. The van der Waals surface area contributed by atoms with Crippen LogP contribution in [0.15, 0.2) is 30.3 Å². The summed E-state index contributed by atoms with van der Waals surface area (Å²) in [6.45, 7) is 0. The molecule has 0 heterocycles. The summed E-state index contributed by atoms with van der Waals surface area (Å²) >= 11 is 1.53. The maximum absolute atomic E-state index is 5.36. The first-order valence-corrected chi connectivity index (χ1v) is 5.16. The Kier molecular flexibility index (Phi) is 6.01. The van der Waals surface area contributed by atoms with Crippen molar-refractivity contribution in [3.8, 4) is 0 Å². The van der Waals surface area contributed by atoms with Gasteiger partial charge in [0.15, 0.2) is 0 Å². The van der Waals surface area contributed by atoms with Gasteiger partial charge in [-0.2, -0.15) is 0 Å². The summed E-state index contributed by atoms with van der Waals surface area (Å²) < 4.78 is 0. The van der Waals surface area contributed by atoms with Crippen LogP contribution in [0, 0.1) is 0 Å². The van der Waals surface area contributed by atoms with E-state index in [0.29, 0.717) is 0 Å². The molecule has 48 valence electrons. The Morgan fingerprint density at radius 3 is 1.78 bits per heavy atom. The Morgan fingerprint density at radius 2 is 1.56 bits per heavy atom. The van der Waals surface area contributed by atoms with E-state index >= 15 is 0 Å². The van der Waals surface area contributed by atoms with Crippen LogP contribution in [0.5, 0.6) is 0 Å². The first kappa shape index (κ1) is 8.93. The second-order valence-electron chi connectivity index (χ2n) is 1.41. The molecule has 0 spiro atoms. The molecular weight excluding hydrogens is 214 g/mol. The van der Waals surface area contributed by atoms with Crippen molar-refractivity contribution in [3.05, 3.63) is 30.3 Å². The number of hydrogen-bond donors (Lipinski definition) is 1. The molecule has 0 saturated carbocycles. The maximum atomic E-state index is 5.36. The van der Waals surface area contributed by atoms with Crippen molar-refractivity contribution in [2.45, 2.75) is 0 Å². The molecule has 0 unspecified atom stereocenters. The number of nitrogen functional groups attached to an aromatic ring is 1. The molecule has 0 aromatic heterocycles. The second kappa shape index (κ2) is 6.05. The molecule has 0 fully saturated rings. The van der Waals surface area contributed by atoms with E-state index < -0.39 is 0 Å². The van der Waals surface area contributed by atoms with Crippen LogP contribution in [0.1, 0.15) is 0 Å². The molecule has 1 nitrogen and oxygen atoms in total. The average Bonchev–Trinajstić information content (AvgIpc) is 1.94. The topological polar surface area (TPSA) is 26.0 Å². The van der Waals surface area contributed by atoms with Gasteiger partial charge >= 0.3 is 27.8 Å². The third kappa shape index (κ3) is 4.43. The first-order valence-electron chi connectivity index (χ1n) is 2.37. The Balaban J connectivity index is 0.000000291. The minimum atomic E-state index is 0.822. The summed E-state index contributed by atoms with van der Waals surface area (Å²) in [4.78, 5) is 0. The van der Waals surface area contributed by atoms with E-state index in [9.17, 15) is 0 Å². The first-order chi connectivity index (χ1) is 4.39. The van der Waals surface area contributed by atoms with E-state index in [1.807, 2.05) is 30.3 Å². The van der Waals surface area contributed by atoms with Gasteiger partial charge in [-0.05, 0) is 12.1 Å². The summed E-state index contributed by atoms with van der Waals surface area (Å²) in [6.07, 6.45) is 0. The predicted octanol–water partition coefficient (Wildman–Crippen LogP) is 1.91. The monoisotopic (exact) mass is 223 g/mol. The normalized spacial score (nSPS) is 7.11. The number of nitrogens with two attached hydrogens (primary N) is 1. The molecule has 0 atom stereocenters. The van der Waals surface area contributed by atoms with E-state index in [-0.39, 0.29) is 0 Å². The Labute approximate surface area is 69.6 Å². The van der Waals surface area contributed by atoms with Crippen molar-refractivity contribution >= 4 is 15.5 Å². The van der Waals surface area contributed by atoms with E-state index in [1.165, 1.54) is 18.0 Å². The van der Waals surface area contributed by atoms with E-state index in [0.717, 1.165) is 5.69 Å². The SMILES string of the molecule is Nc1ccccc1.[S]=[Mo]. The number of para-hydroxylation sites is 1. The zero-order chi connectivity index (χ0) is 7.11. The number of benzene rings is 1. The van der Waals surface area contributed by atoms with E-state index in [4.69, 9.17) is 5.73 Å². The summed E-state index contributed by atoms with van der Waals surface area (Å²) in [5.41, 5.74) is 6.18. The molecule has 9 heavy (non-hydrogen) atoms. The predicted molar refractivity (Wildman–Crippen MR) is 38.4 cm³/mol. The van der Waals surface area contributed by atoms with Gasteiger partial charge in [0.05, 0.1) is 0 Å². The van der Waals surface area contributed by atoms with Crippen molar-refractivity contribution in [3.63, 3.8) is 0 Å². The number of anilines is 1. The number of rotatable bonds is 0. The van der Waals surface area contributed by atoms with Crippen LogP contribution in [0.4, 0.5) is 5.69 Å². The van der Waals surface area contributed by atoms with Crippen LogP contribution in [0.25, 0.3) is 0 Å². The van der Waals surface area contributed by atoms with E-state index in [2.05, 4.69) is 9.82 Å². The summed E-state index contributed by atoms with van der Waals surface area (Å²) in [5, 5.41) is 0. The molecule has 0 amide bonds. The molecule has 0 radical (unpaired) electrons. The average molecular weight is 221 g/mol.